The minimum Gasteiger partial charge on any atom is -0.447 e. The molecule has 5 atom stereocenters. The van der Waals surface area contributed by atoms with Gasteiger partial charge >= 0.3 is 6.09 Å². The van der Waals surface area contributed by atoms with Crippen molar-refractivity contribution in [2.24, 2.45) is 5.92 Å². The second kappa shape index (κ2) is 10.9. The number of nitrogens with zero attached hydrogens (tertiary/aromatic N) is 3. The molecule has 0 aromatic heterocycles. The highest BCUT2D eigenvalue weighted by Gasteiger charge is 2.66. The van der Waals surface area contributed by atoms with Gasteiger partial charge in [0.25, 0.3) is 5.91 Å². The van der Waals surface area contributed by atoms with Crippen LogP contribution in [0.25, 0.3) is 0 Å². The van der Waals surface area contributed by atoms with E-state index in [1.807, 2.05) is 56.4 Å². The number of aliphatic hydroxyl groups is 1. The number of hydrogen-bond donors (Lipinski definition) is 2. The molecule has 3 amide bonds. The highest BCUT2D eigenvalue weighted by molar-refractivity contribution is 6.71. The Bertz CT molecular complexity index is 1480. The molecule has 6 rings (SSSR count). The number of hydrogen-bond acceptors (Lipinski definition) is 7. The van der Waals surface area contributed by atoms with Gasteiger partial charge in [-0.05, 0) is 48.8 Å². The average Bonchev–Trinajstić information content (AvgIpc) is 3.61. The van der Waals surface area contributed by atoms with Crippen LogP contribution in [0.4, 0.5) is 16.2 Å². The molecule has 0 unspecified atom stereocenters. The molecule has 2 N–H and O–H groups in total. The van der Waals surface area contributed by atoms with Crippen molar-refractivity contribution in [3.8, 4) is 0 Å². The quantitative estimate of drug-likeness (QED) is 0.367. The van der Waals surface area contributed by atoms with Crippen molar-refractivity contribution in [2.45, 2.75) is 62.7 Å². The first-order chi connectivity index (χ1) is 20.5. The molecule has 4 aliphatic rings. The van der Waals surface area contributed by atoms with E-state index in [-0.39, 0.29) is 44.0 Å². The van der Waals surface area contributed by atoms with Gasteiger partial charge in [0.1, 0.15) is 6.61 Å². The van der Waals surface area contributed by atoms with Gasteiger partial charge in [0.15, 0.2) is 13.9 Å². The number of carbonyl (C=O) groups is 3. The fourth-order valence-electron chi connectivity index (χ4n) is 7.70. The summed E-state index contributed by atoms with van der Waals surface area (Å²) >= 11 is 0. The Hall–Kier alpha value is -3.51. The number of aliphatic hydroxyl groups excluding tert-OH is 1. The zero-order valence-corrected chi connectivity index (χ0v) is 25.9. The summed E-state index contributed by atoms with van der Waals surface area (Å²) < 4.78 is 12.0. The first-order valence-corrected chi connectivity index (χ1v) is 17.9. The molecule has 1 spiro atoms. The van der Waals surface area contributed by atoms with E-state index >= 15 is 0 Å². The Morgan fingerprint density at radius 3 is 2.58 bits per heavy atom. The molecule has 2 saturated heterocycles. The molecule has 10 nitrogen and oxygen atoms in total. The van der Waals surface area contributed by atoms with E-state index in [2.05, 4.69) is 6.58 Å². The molecule has 0 radical (unpaired) electrons. The number of amides is 3. The summed E-state index contributed by atoms with van der Waals surface area (Å²) in [6.45, 7) is 10.5. The minimum absolute atomic E-state index is 0.0331. The number of fused-ring (bicyclic) bond motifs is 3. The summed E-state index contributed by atoms with van der Waals surface area (Å²) in [7, 11) is -3.01. The van der Waals surface area contributed by atoms with E-state index in [1.54, 1.807) is 21.9 Å². The van der Waals surface area contributed by atoms with Crippen LogP contribution in [0.15, 0.2) is 55.1 Å². The van der Waals surface area contributed by atoms with Crippen molar-refractivity contribution in [2.75, 3.05) is 36.1 Å². The molecule has 2 fully saturated rings. The lowest BCUT2D eigenvalue weighted by Gasteiger charge is -2.37. The first-order valence-electron chi connectivity index (χ1n) is 14.9. The second-order valence-corrected chi connectivity index (χ2v) is 16.5. The zero-order valence-electron chi connectivity index (χ0n) is 24.9. The predicted octanol–water partition coefficient (Wildman–Crippen LogP) is 3.31. The number of anilines is 2. The number of carbonyl (C=O) groups excluding carboxylic acids is 3. The number of ether oxygens (including phenoxy) is 2. The first kappa shape index (κ1) is 29.6. The molecule has 0 aliphatic carbocycles. The Labute approximate surface area is 252 Å². The van der Waals surface area contributed by atoms with Crippen LogP contribution in [0.3, 0.4) is 0 Å². The highest BCUT2D eigenvalue weighted by Crippen LogP contribution is 2.60. The van der Waals surface area contributed by atoms with Crippen molar-refractivity contribution < 1.29 is 33.8 Å². The van der Waals surface area contributed by atoms with Crippen LogP contribution in [-0.4, -0.2) is 79.5 Å². The highest BCUT2D eigenvalue weighted by atomic mass is 28.4. The molecule has 2 aromatic carbocycles. The van der Waals surface area contributed by atoms with Crippen LogP contribution in [0.5, 0.6) is 0 Å². The predicted molar refractivity (Wildman–Crippen MR) is 163 cm³/mol. The van der Waals surface area contributed by atoms with Crippen LogP contribution < -0.4 is 9.80 Å². The topological polar surface area (TPSA) is 120 Å². The van der Waals surface area contributed by atoms with E-state index in [0.717, 1.165) is 11.1 Å². The Morgan fingerprint density at radius 1 is 1.19 bits per heavy atom. The van der Waals surface area contributed by atoms with Gasteiger partial charge in [-0.1, -0.05) is 37.3 Å². The van der Waals surface area contributed by atoms with Crippen molar-refractivity contribution in [3.05, 3.63) is 71.8 Å². The van der Waals surface area contributed by atoms with Crippen LogP contribution in [-0.2, 0) is 37.6 Å². The standard InChI is InChI=1S/C32H39N3O7Si/c1-5-12-34-26-11-10-23(33-13-14-41-31(33)39)16-25(26)32(30(34)38)20(2)29(43(3,4)40)27(42-32)17-28(37)35-18-22-9-7-6-8-21(22)15-24(35)19-36/h5-11,16,20,24,27,29,36,40H,1,12-15,17-19H2,2-4H3/t20-,24+,27+,29-,32+/m1/s1. The normalized spacial score (nSPS) is 28.3. The lowest BCUT2D eigenvalue weighted by Crippen LogP contribution is -2.48. The molecule has 4 heterocycles. The summed E-state index contributed by atoms with van der Waals surface area (Å²) in [5, 5.41) is 10.2. The van der Waals surface area contributed by atoms with E-state index in [4.69, 9.17) is 9.47 Å². The third kappa shape index (κ3) is 4.69. The van der Waals surface area contributed by atoms with Gasteiger partial charge in [0, 0.05) is 35.8 Å². The van der Waals surface area contributed by atoms with Crippen molar-refractivity contribution >= 4 is 37.6 Å². The van der Waals surface area contributed by atoms with Gasteiger partial charge in [-0.25, -0.2) is 4.79 Å². The maximum atomic E-state index is 14.4. The molecule has 228 valence electrons. The summed E-state index contributed by atoms with van der Waals surface area (Å²) in [5.74, 6) is -0.919. The summed E-state index contributed by atoms with van der Waals surface area (Å²) in [4.78, 5) is 57.2. The molecule has 2 aromatic rings. The Morgan fingerprint density at radius 2 is 1.93 bits per heavy atom. The van der Waals surface area contributed by atoms with Gasteiger partial charge in [0.2, 0.25) is 5.91 Å². The van der Waals surface area contributed by atoms with Crippen molar-refractivity contribution in [1.82, 2.24) is 4.90 Å². The number of rotatable bonds is 7. The second-order valence-electron chi connectivity index (χ2n) is 12.6. The van der Waals surface area contributed by atoms with Crippen LogP contribution in [0, 0.1) is 5.92 Å². The van der Waals surface area contributed by atoms with Crippen LogP contribution >= 0.6 is 0 Å². The molecular formula is C32H39N3O7Si. The van der Waals surface area contributed by atoms with E-state index in [9.17, 15) is 24.3 Å². The number of benzene rings is 2. The fraction of sp³-hybridized carbons (Fsp3) is 0.469. The monoisotopic (exact) mass is 605 g/mol. The third-order valence-electron chi connectivity index (χ3n) is 9.61. The largest absolute Gasteiger partial charge is 0.447 e. The molecular weight excluding hydrogens is 566 g/mol. The zero-order chi connectivity index (χ0) is 30.7. The maximum absolute atomic E-state index is 14.4. The molecule has 0 saturated carbocycles. The maximum Gasteiger partial charge on any atom is 0.414 e. The van der Waals surface area contributed by atoms with E-state index < -0.39 is 37.6 Å². The van der Waals surface area contributed by atoms with Crippen molar-refractivity contribution in [3.63, 3.8) is 0 Å². The summed E-state index contributed by atoms with van der Waals surface area (Å²) in [6.07, 6.45) is 0.991. The smallest absolute Gasteiger partial charge is 0.414 e. The Balaban J connectivity index is 1.38. The molecule has 11 heteroatoms. The minimum atomic E-state index is -3.01. The third-order valence-corrected chi connectivity index (χ3v) is 12.1. The molecule has 0 bridgehead atoms. The van der Waals surface area contributed by atoms with Crippen LogP contribution in [0.2, 0.25) is 18.6 Å². The number of cyclic esters (lactones) is 1. The average molecular weight is 606 g/mol. The fourth-order valence-corrected chi connectivity index (χ4v) is 10.3. The van der Waals surface area contributed by atoms with E-state index in [1.165, 1.54) is 4.90 Å². The summed E-state index contributed by atoms with van der Waals surface area (Å²) in [6, 6.07) is 13.0. The molecule has 4 aliphatic heterocycles. The van der Waals surface area contributed by atoms with Gasteiger partial charge in [-0.3, -0.25) is 14.5 Å². The lowest BCUT2D eigenvalue weighted by atomic mass is 9.82. The van der Waals surface area contributed by atoms with E-state index in [0.29, 0.717) is 36.4 Å². The summed E-state index contributed by atoms with van der Waals surface area (Å²) in [5.41, 5.74) is 2.13. The van der Waals surface area contributed by atoms with Crippen molar-refractivity contribution in [1.29, 1.82) is 0 Å². The SMILES string of the molecule is C=CCN1C(=O)[C@@]2(O[C@@H](CC(=O)N3Cc4ccccc4C[C@H]3CO)[C@H]([Si](C)(C)O)[C@H]2C)c2cc(N3CCOC3=O)ccc21. The lowest BCUT2D eigenvalue weighted by molar-refractivity contribution is -0.150. The van der Waals surface area contributed by atoms with Gasteiger partial charge in [-0.2, -0.15) is 0 Å². The van der Waals surface area contributed by atoms with Gasteiger partial charge in [-0.15, -0.1) is 6.58 Å². The molecule has 43 heavy (non-hydrogen) atoms. The van der Waals surface area contributed by atoms with Gasteiger partial charge < -0.3 is 29.2 Å². The Kier molecular flexibility index (Phi) is 7.48. The van der Waals surface area contributed by atoms with Crippen LogP contribution in [0.1, 0.15) is 30.0 Å². The van der Waals surface area contributed by atoms with Gasteiger partial charge in [0.05, 0.1) is 37.4 Å².